The Labute approximate surface area is 149 Å². The van der Waals surface area contributed by atoms with Crippen LogP contribution in [0.3, 0.4) is 0 Å². The molecule has 0 saturated carbocycles. The molecule has 0 spiro atoms. The molecular weight excluding hydrogens is 318 g/mol. The van der Waals surface area contributed by atoms with Crippen LogP contribution in [0.15, 0.2) is 18.2 Å². The second kappa shape index (κ2) is 7.06. The molecular formula is C20H27NO4. The summed E-state index contributed by atoms with van der Waals surface area (Å²) in [7, 11) is 0. The van der Waals surface area contributed by atoms with E-state index in [1.807, 2.05) is 39.0 Å². The number of fused-ring (bicyclic) bond motifs is 1. The van der Waals surface area contributed by atoms with Gasteiger partial charge in [0.25, 0.3) is 0 Å². The zero-order valence-electron chi connectivity index (χ0n) is 15.3. The standard InChI is InChI=1S/C20H27NO4/c1-20(2,3)25-19(23)21-12-6-7-14(21)13-24-18-11-5-8-15-16(18)9-4-10-17(15)22/h5,8,11,14H,4,6-7,9-10,12-13H2,1-3H3. The van der Waals surface area contributed by atoms with Gasteiger partial charge < -0.3 is 14.4 Å². The normalized spacial score (nSPS) is 20.4. The van der Waals surface area contributed by atoms with Gasteiger partial charge in [0.1, 0.15) is 18.0 Å². The number of hydrogen-bond donors (Lipinski definition) is 0. The Kier molecular flexibility index (Phi) is 5.02. The van der Waals surface area contributed by atoms with Gasteiger partial charge in [0.05, 0.1) is 6.04 Å². The summed E-state index contributed by atoms with van der Waals surface area (Å²) in [6.45, 7) is 6.76. The number of ketones is 1. The molecule has 1 heterocycles. The molecule has 1 unspecified atom stereocenters. The summed E-state index contributed by atoms with van der Waals surface area (Å²) in [6.07, 6.45) is 3.96. The third-order valence-corrected chi connectivity index (χ3v) is 4.70. The van der Waals surface area contributed by atoms with Gasteiger partial charge in [-0.2, -0.15) is 0 Å². The summed E-state index contributed by atoms with van der Waals surface area (Å²) >= 11 is 0. The maximum atomic E-state index is 12.4. The van der Waals surface area contributed by atoms with E-state index in [1.54, 1.807) is 4.90 Å². The van der Waals surface area contributed by atoms with Crippen LogP contribution in [0.4, 0.5) is 4.79 Å². The van der Waals surface area contributed by atoms with E-state index in [0.29, 0.717) is 19.6 Å². The lowest BCUT2D eigenvalue weighted by Crippen LogP contribution is -2.42. The lowest BCUT2D eigenvalue weighted by molar-refractivity contribution is 0.0187. The van der Waals surface area contributed by atoms with Crippen LogP contribution < -0.4 is 4.74 Å². The molecule has 0 radical (unpaired) electrons. The fourth-order valence-electron chi connectivity index (χ4n) is 3.54. The van der Waals surface area contributed by atoms with Crippen LogP contribution in [0.25, 0.3) is 0 Å². The van der Waals surface area contributed by atoms with Crippen molar-refractivity contribution in [1.82, 2.24) is 4.90 Å². The lowest BCUT2D eigenvalue weighted by atomic mass is 9.90. The Morgan fingerprint density at radius 3 is 2.80 bits per heavy atom. The van der Waals surface area contributed by atoms with Crippen molar-refractivity contribution < 1.29 is 19.1 Å². The van der Waals surface area contributed by atoms with E-state index in [9.17, 15) is 9.59 Å². The first-order chi connectivity index (χ1) is 11.8. The smallest absolute Gasteiger partial charge is 0.410 e. The van der Waals surface area contributed by atoms with Crippen molar-refractivity contribution in [3.63, 3.8) is 0 Å². The highest BCUT2D eigenvalue weighted by Gasteiger charge is 2.33. The van der Waals surface area contributed by atoms with E-state index in [-0.39, 0.29) is 17.9 Å². The van der Waals surface area contributed by atoms with Gasteiger partial charge in [0.2, 0.25) is 0 Å². The van der Waals surface area contributed by atoms with Crippen molar-refractivity contribution in [3.05, 3.63) is 29.3 Å². The molecule has 1 aromatic rings. The van der Waals surface area contributed by atoms with E-state index in [2.05, 4.69) is 0 Å². The number of ether oxygens (including phenoxy) is 2. The average molecular weight is 345 g/mol. The Balaban J connectivity index is 1.66. The second-order valence-electron chi connectivity index (χ2n) is 7.84. The minimum Gasteiger partial charge on any atom is -0.491 e. The van der Waals surface area contributed by atoms with Gasteiger partial charge in [-0.25, -0.2) is 4.79 Å². The quantitative estimate of drug-likeness (QED) is 0.831. The van der Waals surface area contributed by atoms with Crippen molar-refractivity contribution in [2.75, 3.05) is 13.2 Å². The van der Waals surface area contributed by atoms with Crippen molar-refractivity contribution in [1.29, 1.82) is 0 Å². The van der Waals surface area contributed by atoms with Gasteiger partial charge in [0.15, 0.2) is 5.78 Å². The molecule has 1 atom stereocenters. The number of benzene rings is 1. The van der Waals surface area contributed by atoms with Gasteiger partial charge in [-0.3, -0.25) is 4.79 Å². The number of rotatable bonds is 3. The zero-order chi connectivity index (χ0) is 18.0. The second-order valence-corrected chi connectivity index (χ2v) is 7.84. The summed E-state index contributed by atoms with van der Waals surface area (Å²) in [5, 5.41) is 0. The number of amides is 1. The predicted octanol–water partition coefficient (Wildman–Crippen LogP) is 3.98. The zero-order valence-corrected chi connectivity index (χ0v) is 15.3. The van der Waals surface area contributed by atoms with Gasteiger partial charge in [0, 0.05) is 24.1 Å². The van der Waals surface area contributed by atoms with E-state index < -0.39 is 5.60 Å². The van der Waals surface area contributed by atoms with Crippen LogP contribution >= 0.6 is 0 Å². The molecule has 5 heteroatoms. The summed E-state index contributed by atoms with van der Waals surface area (Å²) in [4.78, 5) is 26.2. The summed E-state index contributed by atoms with van der Waals surface area (Å²) in [5.41, 5.74) is 1.31. The third-order valence-electron chi connectivity index (χ3n) is 4.70. The molecule has 0 N–H and O–H groups in total. The minimum absolute atomic E-state index is 0.0185. The van der Waals surface area contributed by atoms with Gasteiger partial charge >= 0.3 is 6.09 Å². The molecule has 5 nitrogen and oxygen atoms in total. The molecule has 136 valence electrons. The summed E-state index contributed by atoms with van der Waals surface area (Å²) < 4.78 is 11.5. The first-order valence-corrected chi connectivity index (χ1v) is 9.12. The number of likely N-dealkylation sites (tertiary alicyclic amines) is 1. The third kappa shape index (κ3) is 4.14. The number of carbonyl (C=O) groups excluding carboxylic acids is 2. The first kappa shape index (κ1) is 17.8. The van der Waals surface area contributed by atoms with Crippen LogP contribution in [-0.4, -0.2) is 41.6 Å². The fraction of sp³-hybridized carbons (Fsp3) is 0.600. The largest absolute Gasteiger partial charge is 0.491 e. The molecule has 1 fully saturated rings. The first-order valence-electron chi connectivity index (χ1n) is 9.12. The molecule has 1 saturated heterocycles. The molecule has 25 heavy (non-hydrogen) atoms. The van der Waals surface area contributed by atoms with Crippen LogP contribution in [0.1, 0.15) is 62.4 Å². The lowest BCUT2D eigenvalue weighted by Gasteiger charge is -2.29. The maximum absolute atomic E-state index is 12.4. The molecule has 1 amide bonds. The van der Waals surface area contributed by atoms with Gasteiger partial charge in [-0.15, -0.1) is 0 Å². The van der Waals surface area contributed by atoms with Gasteiger partial charge in [-0.1, -0.05) is 12.1 Å². The Hall–Kier alpha value is -2.04. The highest BCUT2D eigenvalue weighted by Crippen LogP contribution is 2.30. The topological polar surface area (TPSA) is 55.8 Å². The SMILES string of the molecule is CC(C)(C)OC(=O)N1CCCC1COc1cccc2c1CCCC2=O. The van der Waals surface area contributed by atoms with Crippen molar-refractivity contribution in [3.8, 4) is 5.75 Å². The highest BCUT2D eigenvalue weighted by atomic mass is 16.6. The molecule has 1 aliphatic carbocycles. The average Bonchev–Trinajstić information content (AvgIpc) is 3.00. The molecule has 3 rings (SSSR count). The Bertz CT molecular complexity index is 662. The number of Topliss-reactive ketones (excluding diaryl/α,β-unsaturated/α-hetero) is 1. The highest BCUT2D eigenvalue weighted by molar-refractivity contribution is 5.99. The minimum atomic E-state index is -0.496. The van der Waals surface area contributed by atoms with Gasteiger partial charge in [-0.05, 0) is 52.5 Å². The predicted molar refractivity (Wildman–Crippen MR) is 95.2 cm³/mol. The van der Waals surface area contributed by atoms with Crippen molar-refractivity contribution >= 4 is 11.9 Å². The molecule has 2 aliphatic rings. The van der Waals surface area contributed by atoms with Crippen molar-refractivity contribution in [2.45, 2.75) is 64.5 Å². The molecule has 1 aromatic carbocycles. The van der Waals surface area contributed by atoms with E-state index in [1.165, 1.54) is 0 Å². The van der Waals surface area contributed by atoms with Crippen molar-refractivity contribution in [2.24, 2.45) is 0 Å². The number of nitrogens with zero attached hydrogens (tertiary/aromatic N) is 1. The summed E-state index contributed by atoms with van der Waals surface area (Å²) in [6, 6.07) is 5.69. The van der Waals surface area contributed by atoms with Crippen LogP contribution in [-0.2, 0) is 11.2 Å². The van der Waals surface area contributed by atoms with Crippen LogP contribution in [0, 0.1) is 0 Å². The Morgan fingerprint density at radius 2 is 2.04 bits per heavy atom. The fourth-order valence-corrected chi connectivity index (χ4v) is 3.54. The van der Waals surface area contributed by atoms with E-state index in [0.717, 1.165) is 42.6 Å². The number of hydrogen-bond acceptors (Lipinski definition) is 4. The maximum Gasteiger partial charge on any atom is 0.410 e. The molecule has 0 aromatic heterocycles. The Morgan fingerprint density at radius 1 is 1.24 bits per heavy atom. The van der Waals surface area contributed by atoms with Crippen LogP contribution in [0.5, 0.6) is 5.75 Å². The van der Waals surface area contributed by atoms with Crippen LogP contribution in [0.2, 0.25) is 0 Å². The monoisotopic (exact) mass is 345 g/mol. The summed E-state index contributed by atoms with van der Waals surface area (Å²) in [5.74, 6) is 0.976. The number of carbonyl (C=O) groups is 2. The van der Waals surface area contributed by atoms with E-state index in [4.69, 9.17) is 9.47 Å². The molecule has 0 bridgehead atoms. The van der Waals surface area contributed by atoms with E-state index >= 15 is 0 Å². The molecule has 1 aliphatic heterocycles.